The predicted molar refractivity (Wildman–Crippen MR) is 135 cm³/mol. The second-order valence-corrected chi connectivity index (χ2v) is 8.54. The van der Waals surface area contributed by atoms with Crippen LogP contribution in [-0.2, 0) is 17.8 Å². The molecule has 3 aromatic carbocycles. The highest BCUT2D eigenvalue weighted by atomic mass is 35.5. The van der Waals surface area contributed by atoms with Crippen LogP contribution < -0.4 is 14.8 Å². The smallest absolute Gasteiger partial charge is 0.257 e. The fraction of sp³-hybridized carbons (Fsp3) is 0.259. The van der Waals surface area contributed by atoms with Crippen LogP contribution >= 0.6 is 11.6 Å². The van der Waals surface area contributed by atoms with E-state index in [1.807, 2.05) is 24.3 Å². The summed E-state index contributed by atoms with van der Waals surface area (Å²) in [5.41, 5.74) is 4.44. The number of amides is 1. The summed E-state index contributed by atoms with van der Waals surface area (Å²) in [6, 6.07) is 21.1. The largest absolute Gasteiger partial charge is 0.492 e. The van der Waals surface area contributed by atoms with Crippen molar-refractivity contribution in [3.05, 3.63) is 88.7 Å². The third-order valence-electron chi connectivity index (χ3n) is 5.65. The molecule has 7 heteroatoms. The lowest BCUT2D eigenvalue weighted by Gasteiger charge is -2.12. The lowest BCUT2D eigenvalue weighted by molar-refractivity contribution is -0.123. The molecule has 1 N–H and O–H groups in total. The van der Waals surface area contributed by atoms with Gasteiger partial charge in [-0.1, -0.05) is 29.8 Å². The molecule has 6 nitrogen and oxygen atoms in total. The molecule has 0 spiro atoms. The van der Waals surface area contributed by atoms with E-state index in [0.29, 0.717) is 36.9 Å². The molecule has 1 amide bonds. The number of aryl methyl sites for hydroxylation is 2. The zero-order valence-electron chi connectivity index (χ0n) is 19.4. The van der Waals surface area contributed by atoms with E-state index in [9.17, 15) is 4.79 Å². The molecule has 1 heterocycles. The van der Waals surface area contributed by atoms with E-state index in [1.165, 1.54) is 11.1 Å². The van der Waals surface area contributed by atoms with Crippen LogP contribution in [0.2, 0.25) is 5.02 Å². The first-order chi connectivity index (χ1) is 16.5. The summed E-state index contributed by atoms with van der Waals surface area (Å²) in [6.45, 7) is 5.77. The van der Waals surface area contributed by atoms with Crippen molar-refractivity contribution in [2.75, 3.05) is 19.8 Å². The van der Waals surface area contributed by atoms with Crippen LogP contribution in [-0.4, -0.2) is 35.2 Å². The Kier molecular flexibility index (Phi) is 7.70. The molecular weight excluding hydrogens is 450 g/mol. The molecular formula is C27H28ClN3O3. The van der Waals surface area contributed by atoms with Gasteiger partial charge in [-0.25, -0.2) is 4.98 Å². The number of fused-ring (bicyclic) bond motifs is 1. The molecule has 0 aliphatic heterocycles. The molecule has 0 bridgehead atoms. The van der Waals surface area contributed by atoms with Crippen molar-refractivity contribution in [3.63, 3.8) is 0 Å². The van der Waals surface area contributed by atoms with Gasteiger partial charge in [0.1, 0.15) is 23.9 Å². The summed E-state index contributed by atoms with van der Waals surface area (Å²) in [5.74, 6) is 2.19. The Hall–Kier alpha value is -3.51. The summed E-state index contributed by atoms with van der Waals surface area (Å²) < 4.78 is 13.7. The first-order valence-electron chi connectivity index (χ1n) is 11.3. The average molecular weight is 478 g/mol. The van der Waals surface area contributed by atoms with E-state index in [1.54, 1.807) is 24.3 Å². The van der Waals surface area contributed by atoms with Gasteiger partial charge in [-0.05, 0) is 73.5 Å². The number of ether oxygens (including phenoxy) is 2. The van der Waals surface area contributed by atoms with Gasteiger partial charge in [-0.2, -0.15) is 0 Å². The highest BCUT2D eigenvalue weighted by Gasteiger charge is 2.11. The highest BCUT2D eigenvalue weighted by Crippen LogP contribution is 2.19. The van der Waals surface area contributed by atoms with Crippen LogP contribution in [0.15, 0.2) is 66.7 Å². The average Bonchev–Trinajstić information content (AvgIpc) is 3.18. The van der Waals surface area contributed by atoms with E-state index < -0.39 is 0 Å². The zero-order chi connectivity index (χ0) is 23.9. The van der Waals surface area contributed by atoms with Crippen molar-refractivity contribution in [2.45, 2.75) is 26.8 Å². The van der Waals surface area contributed by atoms with E-state index in [-0.39, 0.29) is 12.5 Å². The molecule has 176 valence electrons. The Bertz CT molecular complexity index is 1270. The second kappa shape index (κ2) is 11.1. The van der Waals surface area contributed by atoms with Crippen LogP contribution in [0.3, 0.4) is 0 Å². The van der Waals surface area contributed by atoms with Crippen LogP contribution in [0, 0.1) is 13.8 Å². The Morgan fingerprint density at radius 3 is 2.53 bits per heavy atom. The summed E-state index contributed by atoms with van der Waals surface area (Å²) in [5, 5.41) is 3.53. The molecule has 0 saturated heterocycles. The first-order valence-corrected chi connectivity index (χ1v) is 11.7. The number of aromatic nitrogens is 2. The van der Waals surface area contributed by atoms with Crippen molar-refractivity contribution in [3.8, 4) is 11.5 Å². The number of imidazole rings is 1. The minimum atomic E-state index is -0.185. The SMILES string of the molecule is Cc1ccc(OCCn2c(CCNC(=O)COc3ccc(Cl)cc3)nc3ccccc32)cc1C. The van der Waals surface area contributed by atoms with Crippen LogP contribution in [0.4, 0.5) is 0 Å². The number of benzene rings is 3. The fourth-order valence-corrected chi connectivity index (χ4v) is 3.79. The summed E-state index contributed by atoms with van der Waals surface area (Å²) in [7, 11) is 0. The number of carbonyl (C=O) groups is 1. The van der Waals surface area contributed by atoms with Crippen molar-refractivity contribution in [1.29, 1.82) is 0 Å². The number of nitrogens with one attached hydrogen (secondary N) is 1. The van der Waals surface area contributed by atoms with E-state index in [0.717, 1.165) is 22.6 Å². The number of hydrogen-bond donors (Lipinski definition) is 1. The standard InChI is InChI=1S/C27H28ClN3O3/c1-19-7-10-23(17-20(19)2)33-16-15-31-25-6-4-3-5-24(25)30-26(31)13-14-29-27(32)18-34-22-11-8-21(28)9-12-22/h3-12,17H,13-16,18H2,1-2H3,(H,29,32). The van der Waals surface area contributed by atoms with E-state index in [4.69, 9.17) is 26.1 Å². The highest BCUT2D eigenvalue weighted by molar-refractivity contribution is 6.30. The first kappa shape index (κ1) is 23.6. The Morgan fingerprint density at radius 1 is 0.971 bits per heavy atom. The van der Waals surface area contributed by atoms with E-state index in [2.05, 4.69) is 41.9 Å². The number of rotatable bonds is 10. The molecule has 0 radical (unpaired) electrons. The third-order valence-corrected chi connectivity index (χ3v) is 5.90. The molecule has 0 atom stereocenters. The van der Waals surface area contributed by atoms with Crippen LogP contribution in [0.5, 0.6) is 11.5 Å². The molecule has 34 heavy (non-hydrogen) atoms. The number of hydrogen-bond acceptors (Lipinski definition) is 4. The van der Waals surface area contributed by atoms with Gasteiger partial charge in [0.05, 0.1) is 17.6 Å². The normalized spacial score (nSPS) is 10.9. The third kappa shape index (κ3) is 6.08. The quantitative estimate of drug-likeness (QED) is 0.344. The molecule has 4 rings (SSSR count). The number of carbonyl (C=O) groups excluding carboxylic acids is 1. The van der Waals surface area contributed by atoms with Crippen molar-refractivity contribution < 1.29 is 14.3 Å². The predicted octanol–water partition coefficient (Wildman–Crippen LogP) is 5.12. The van der Waals surface area contributed by atoms with Gasteiger partial charge in [0.2, 0.25) is 0 Å². The molecule has 0 unspecified atom stereocenters. The minimum Gasteiger partial charge on any atom is -0.492 e. The molecule has 0 fully saturated rings. The Morgan fingerprint density at radius 2 is 1.74 bits per heavy atom. The van der Waals surface area contributed by atoms with Gasteiger partial charge in [0, 0.05) is 18.0 Å². The van der Waals surface area contributed by atoms with E-state index >= 15 is 0 Å². The minimum absolute atomic E-state index is 0.0537. The monoisotopic (exact) mass is 477 g/mol. The van der Waals surface area contributed by atoms with Crippen molar-refractivity contribution >= 4 is 28.5 Å². The maximum Gasteiger partial charge on any atom is 0.257 e. The van der Waals surface area contributed by atoms with Crippen molar-refractivity contribution in [1.82, 2.24) is 14.9 Å². The molecule has 4 aromatic rings. The maximum atomic E-state index is 12.2. The molecule has 0 aliphatic rings. The van der Waals surface area contributed by atoms with Gasteiger partial charge >= 0.3 is 0 Å². The summed E-state index contributed by atoms with van der Waals surface area (Å²) in [4.78, 5) is 17.0. The summed E-state index contributed by atoms with van der Waals surface area (Å²) in [6.07, 6.45) is 0.602. The topological polar surface area (TPSA) is 65.4 Å². The fourth-order valence-electron chi connectivity index (χ4n) is 3.67. The molecule has 1 aromatic heterocycles. The Balaban J connectivity index is 1.33. The molecule has 0 saturated carbocycles. The van der Waals surface area contributed by atoms with Gasteiger partial charge in [-0.3, -0.25) is 4.79 Å². The maximum absolute atomic E-state index is 12.2. The molecule has 0 aliphatic carbocycles. The second-order valence-electron chi connectivity index (χ2n) is 8.11. The number of halogens is 1. The number of nitrogens with zero attached hydrogens (tertiary/aromatic N) is 2. The van der Waals surface area contributed by atoms with Crippen LogP contribution in [0.1, 0.15) is 17.0 Å². The number of para-hydroxylation sites is 2. The van der Waals surface area contributed by atoms with Gasteiger partial charge in [-0.15, -0.1) is 0 Å². The van der Waals surface area contributed by atoms with Crippen molar-refractivity contribution in [2.24, 2.45) is 0 Å². The van der Waals surface area contributed by atoms with Gasteiger partial charge in [0.15, 0.2) is 6.61 Å². The zero-order valence-corrected chi connectivity index (χ0v) is 20.1. The Labute approximate surface area is 204 Å². The lowest BCUT2D eigenvalue weighted by atomic mass is 10.1. The van der Waals surface area contributed by atoms with Crippen LogP contribution in [0.25, 0.3) is 11.0 Å². The summed E-state index contributed by atoms with van der Waals surface area (Å²) >= 11 is 5.87. The van der Waals surface area contributed by atoms with Gasteiger partial charge in [0.25, 0.3) is 5.91 Å². The van der Waals surface area contributed by atoms with Gasteiger partial charge < -0.3 is 19.4 Å². The lowest BCUT2D eigenvalue weighted by Crippen LogP contribution is -2.31.